The number of rotatable bonds is 7. The summed E-state index contributed by atoms with van der Waals surface area (Å²) in [5.74, 6) is -1.09. The van der Waals surface area contributed by atoms with Gasteiger partial charge in [0.1, 0.15) is 18.5 Å². The lowest BCUT2D eigenvalue weighted by Gasteiger charge is -2.32. The summed E-state index contributed by atoms with van der Waals surface area (Å²) in [4.78, 5) is 33.9. The Kier molecular flexibility index (Phi) is 6.84. The van der Waals surface area contributed by atoms with Crippen LogP contribution in [0.3, 0.4) is 0 Å². The van der Waals surface area contributed by atoms with Crippen LogP contribution in [0.5, 0.6) is 0 Å². The van der Waals surface area contributed by atoms with E-state index in [-0.39, 0.29) is 40.9 Å². The van der Waals surface area contributed by atoms with Crippen molar-refractivity contribution in [3.8, 4) is 0 Å². The van der Waals surface area contributed by atoms with Crippen molar-refractivity contribution in [1.29, 1.82) is 0 Å². The number of alkyl carbamates (subject to hydrolysis) is 1. The zero-order chi connectivity index (χ0) is 27.0. The molecule has 5 rings (SSSR count). The Hall–Kier alpha value is -3.91. The number of cyclic esters (lactones) is 1. The lowest BCUT2D eigenvalue weighted by Crippen LogP contribution is -2.53. The summed E-state index contributed by atoms with van der Waals surface area (Å²) >= 11 is 7.69. The number of halogens is 4. The molecule has 198 valence electrons. The molecule has 1 aromatic carbocycles. The van der Waals surface area contributed by atoms with Crippen LogP contribution in [0.25, 0.3) is 5.57 Å². The molecule has 4 heterocycles. The molecule has 3 aromatic rings. The van der Waals surface area contributed by atoms with Gasteiger partial charge in [-0.1, -0.05) is 17.7 Å². The van der Waals surface area contributed by atoms with Crippen LogP contribution in [0, 0.1) is 5.82 Å². The zero-order valence-corrected chi connectivity index (χ0v) is 21.0. The average molecular weight is 567 g/mol. The molecule has 38 heavy (non-hydrogen) atoms. The first-order valence-electron chi connectivity index (χ1n) is 11.0. The number of hydrogen-bond acceptors (Lipinski definition) is 9. The average Bonchev–Trinajstić information content (AvgIpc) is 3.65. The van der Waals surface area contributed by atoms with Crippen molar-refractivity contribution in [3.63, 3.8) is 0 Å². The lowest BCUT2D eigenvalue weighted by molar-refractivity contribution is -0.148. The summed E-state index contributed by atoms with van der Waals surface area (Å²) in [6, 6.07) is 4.10. The third-order valence-corrected chi connectivity index (χ3v) is 7.06. The number of esters is 1. The molecular weight excluding hydrogens is 549 g/mol. The fraction of sp³-hybridized carbons (Fsp3) is 0.261. The standard InChI is InChI=1S/C23H18ClF3N6O4S/c1-36-20(34)23(10-37-22(35)31-23)9-15-16(14-4-6-33(32-14)21(26)27)17(12-3-2-11(25)8-13(12)24)30-18(29-15)19-28-5-7-38-19/h2-8,17,21H,9-10H2,1H3,(H,29,30)(H,31,35)/t17-,23+/m0/s1. The predicted molar refractivity (Wildman–Crippen MR) is 130 cm³/mol. The second-order valence-electron chi connectivity index (χ2n) is 8.31. The molecule has 1 amide bonds. The minimum atomic E-state index is -2.92. The molecular formula is C23H18ClF3N6O4S. The molecule has 1 fully saturated rings. The van der Waals surface area contributed by atoms with Crippen LogP contribution in [0.1, 0.15) is 35.3 Å². The first-order valence-corrected chi connectivity index (χ1v) is 12.3. The van der Waals surface area contributed by atoms with Crippen LogP contribution in [-0.4, -0.2) is 51.9 Å². The molecule has 15 heteroatoms. The molecule has 0 bridgehead atoms. The predicted octanol–water partition coefficient (Wildman–Crippen LogP) is 4.07. The van der Waals surface area contributed by atoms with Crippen molar-refractivity contribution < 1.29 is 32.2 Å². The van der Waals surface area contributed by atoms with Crippen LogP contribution in [0.4, 0.5) is 18.0 Å². The van der Waals surface area contributed by atoms with E-state index in [0.29, 0.717) is 15.3 Å². The van der Waals surface area contributed by atoms with E-state index in [1.165, 1.54) is 29.5 Å². The number of carbonyl (C=O) groups is 2. The van der Waals surface area contributed by atoms with E-state index in [4.69, 9.17) is 26.1 Å². The van der Waals surface area contributed by atoms with Crippen molar-refractivity contribution >= 4 is 46.4 Å². The molecule has 0 saturated carbocycles. The van der Waals surface area contributed by atoms with E-state index in [9.17, 15) is 22.8 Å². The largest absolute Gasteiger partial charge is 0.467 e. The molecule has 2 atom stereocenters. The maximum atomic E-state index is 13.9. The first kappa shape index (κ1) is 25.7. The number of aromatic nitrogens is 3. The van der Waals surface area contributed by atoms with Crippen molar-refractivity contribution in [1.82, 2.24) is 25.4 Å². The van der Waals surface area contributed by atoms with Crippen LogP contribution in [0.15, 0.2) is 52.7 Å². The summed E-state index contributed by atoms with van der Waals surface area (Å²) < 4.78 is 51.3. The Bertz CT molecular complexity index is 1460. The van der Waals surface area contributed by atoms with Gasteiger partial charge in [-0.3, -0.25) is 4.99 Å². The van der Waals surface area contributed by atoms with Crippen molar-refractivity contribution in [3.05, 3.63) is 74.8 Å². The summed E-state index contributed by atoms with van der Waals surface area (Å²) in [6.45, 7) is -3.27. The van der Waals surface area contributed by atoms with Gasteiger partial charge in [-0.05, 0) is 18.2 Å². The van der Waals surface area contributed by atoms with E-state index in [1.807, 2.05) is 0 Å². The molecule has 0 unspecified atom stereocenters. The fourth-order valence-electron chi connectivity index (χ4n) is 4.25. The van der Waals surface area contributed by atoms with Crippen molar-refractivity contribution in [2.75, 3.05) is 13.7 Å². The Labute approximate surface area is 222 Å². The number of amides is 1. The summed E-state index contributed by atoms with van der Waals surface area (Å²) in [7, 11) is 1.16. The highest BCUT2D eigenvalue weighted by atomic mass is 35.5. The van der Waals surface area contributed by atoms with Crippen molar-refractivity contribution in [2.24, 2.45) is 4.99 Å². The maximum absolute atomic E-state index is 13.9. The molecule has 1 saturated heterocycles. The number of benzene rings is 1. The summed E-state index contributed by atoms with van der Waals surface area (Å²) in [6.07, 6.45) is 1.60. The monoisotopic (exact) mass is 566 g/mol. The van der Waals surface area contributed by atoms with Crippen LogP contribution < -0.4 is 10.6 Å². The molecule has 2 aromatic heterocycles. The highest BCUT2D eigenvalue weighted by Crippen LogP contribution is 2.42. The van der Waals surface area contributed by atoms with E-state index in [2.05, 4.69) is 20.7 Å². The van der Waals surface area contributed by atoms with Gasteiger partial charge in [0.05, 0.1) is 12.8 Å². The van der Waals surface area contributed by atoms with Crippen molar-refractivity contribution in [2.45, 2.75) is 24.6 Å². The number of ether oxygens (including phenoxy) is 2. The Morgan fingerprint density at radius 2 is 2.21 bits per heavy atom. The highest BCUT2D eigenvalue weighted by Gasteiger charge is 2.49. The Morgan fingerprint density at radius 3 is 2.82 bits per heavy atom. The van der Waals surface area contributed by atoms with E-state index in [0.717, 1.165) is 19.4 Å². The molecule has 0 aliphatic carbocycles. The van der Waals surface area contributed by atoms with Gasteiger partial charge in [0.15, 0.2) is 16.4 Å². The molecule has 2 N–H and O–H groups in total. The second-order valence-corrected chi connectivity index (χ2v) is 9.61. The molecule has 0 spiro atoms. The zero-order valence-electron chi connectivity index (χ0n) is 19.5. The highest BCUT2D eigenvalue weighted by molar-refractivity contribution is 7.11. The maximum Gasteiger partial charge on any atom is 0.408 e. The molecule has 2 aliphatic rings. The number of nitrogens with zero attached hydrogens (tertiary/aromatic N) is 4. The number of nitrogens with one attached hydrogen (secondary N) is 2. The van der Waals surface area contributed by atoms with Crippen LogP contribution >= 0.6 is 22.9 Å². The minimum absolute atomic E-state index is 0.0319. The molecule has 0 radical (unpaired) electrons. The van der Waals surface area contributed by atoms with Crippen LogP contribution in [0.2, 0.25) is 5.02 Å². The van der Waals surface area contributed by atoms with Gasteiger partial charge in [-0.15, -0.1) is 11.3 Å². The topological polar surface area (TPSA) is 120 Å². The third-order valence-electron chi connectivity index (χ3n) is 5.95. The van der Waals surface area contributed by atoms with E-state index >= 15 is 0 Å². The SMILES string of the molecule is COC(=O)[C@@]1(CC2=C(c3ccn(C(F)F)n3)[C@H](c3ccc(F)cc3Cl)N=C(c3nccs3)N2)COC(=O)N1. The number of alkyl halides is 2. The number of thiazole rings is 1. The molecule has 10 nitrogen and oxygen atoms in total. The van der Waals surface area contributed by atoms with Crippen LogP contribution in [-0.2, 0) is 14.3 Å². The smallest absolute Gasteiger partial charge is 0.408 e. The fourth-order valence-corrected chi connectivity index (χ4v) is 5.11. The normalized spacial score (nSPS) is 21.2. The third kappa shape index (κ3) is 4.72. The first-order chi connectivity index (χ1) is 18.2. The van der Waals surface area contributed by atoms with Gasteiger partial charge >= 0.3 is 18.6 Å². The van der Waals surface area contributed by atoms with Gasteiger partial charge in [0, 0.05) is 46.1 Å². The van der Waals surface area contributed by atoms with Gasteiger partial charge in [-0.2, -0.15) is 13.9 Å². The minimum Gasteiger partial charge on any atom is -0.467 e. The second kappa shape index (κ2) is 10.1. The van der Waals surface area contributed by atoms with E-state index in [1.54, 1.807) is 11.6 Å². The Balaban J connectivity index is 1.73. The number of aliphatic imine (C=N–C) groups is 1. The van der Waals surface area contributed by atoms with Gasteiger partial charge in [-0.25, -0.2) is 23.6 Å². The number of carbonyl (C=O) groups excluding carboxylic acids is 2. The Morgan fingerprint density at radius 1 is 1.39 bits per heavy atom. The van der Waals surface area contributed by atoms with Gasteiger partial charge in [0.25, 0.3) is 0 Å². The van der Waals surface area contributed by atoms with Gasteiger partial charge < -0.3 is 20.1 Å². The number of hydrogen-bond donors (Lipinski definition) is 2. The number of methoxy groups -OCH3 is 1. The van der Waals surface area contributed by atoms with Gasteiger partial charge in [0.2, 0.25) is 0 Å². The summed E-state index contributed by atoms with van der Waals surface area (Å²) in [5, 5.41) is 11.9. The number of amidine groups is 1. The quantitative estimate of drug-likeness (QED) is 0.414. The summed E-state index contributed by atoms with van der Waals surface area (Å²) in [5.41, 5.74) is -0.659. The molecule has 2 aliphatic heterocycles. The van der Waals surface area contributed by atoms with E-state index < -0.39 is 36.0 Å². The lowest BCUT2D eigenvalue weighted by atomic mass is 9.87.